The summed E-state index contributed by atoms with van der Waals surface area (Å²) in [6.07, 6.45) is 1.23. The lowest BCUT2D eigenvalue weighted by atomic mass is 10.1. The zero-order valence-corrected chi connectivity index (χ0v) is 10.0. The van der Waals surface area contributed by atoms with E-state index in [1.165, 1.54) is 11.3 Å². The van der Waals surface area contributed by atoms with Gasteiger partial charge in [0.1, 0.15) is 6.07 Å². The van der Waals surface area contributed by atoms with Gasteiger partial charge in [-0.15, -0.1) is 0 Å². The summed E-state index contributed by atoms with van der Waals surface area (Å²) in [6.45, 7) is 1.70. The average molecular weight is 241 g/mol. The molecule has 0 aliphatic rings. The Morgan fingerprint density at radius 1 is 1.44 bits per heavy atom. The van der Waals surface area contributed by atoms with Crippen LogP contribution in [0.3, 0.4) is 0 Å². The number of anilines is 1. The number of carbonyl (C=O) groups excluding carboxylic acids is 1. The van der Waals surface area contributed by atoms with Crippen LogP contribution in [0.5, 0.6) is 0 Å². The molecule has 90 valence electrons. The highest BCUT2D eigenvalue weighted by Gasteiger charge is 2.21. The number of amides is 1. The number of para-hydroxylation sites is 1. The van der Waals surface area contributed by atoms with E-state index in [0.717, 1.165) is 0 Å². The molecule has 2 aromatic rings. The second-order valence-corrected chi connectivity index (χ2v) is 3.76. The lowest BCUT2D eigenvalue weighted by molar-refractivity contribution is 0.0965. The molecule has 5 nitrogen and oxygen atoms in total. The minimum absolute atomic E-state index is 0.185. The van der Waals surface area contributed by atoms with Crippen LogP contribution >= 0.6 is 0 Å². The lowest BCUT2D eigenvalue weighted by Crippen LogP contribution is -2.27. The number of benzene rings is 1. The zero-order valence-electron chi connectivity index (χ0n) is 10.0. The van der Waals surface area contributed by atoms with Gasteiger partial charge in [0.05, 0.1) is 16.9 Å². The van der Waals surface area contributed by atoms with E-state index in [2.05, 4.69) is 11.1 Å². The first kappa shape index (κ1) is 11.9. The van der Waals surface area contributed by atoms with Gasteiger partial charge in [0.15, 0.2) is 6.39 Å². The summed E-state index contributed by atoms with van der Waals surface area (Å²) in [4.78, 5) is 17.4. The van der Waals surface area contributed by atoms with Crippen LogP contribution in [0, 0.1) is 18.3 Å². The summed E-state index contributed by atoms with van der Waals surface area (Å²) in [6, 6.07) is 8.94. The number of aromatic nitrogens is 1. The molecule has 0 aliphatic carbocycles. The van der Waals surface area contributed by atoms with E-state index in [1.807, 2.05) is 0 Å². The number of hydrogen-bond donors (Lipinski definition) is 0. The van der Waals surface area contributed by atoms with Crippen LogP contribution in [0.15, 0.2) is 35.1 Å². The van der Waals surface area contributed by atoms with Gasteiger partial charge in [0.2, 0.25) is 5.76 Å². The third-order valence-corrected chi connectivity index (χ3v) is 2.63. The van der Waals surface area contributed by atoms with Gasteiger partial charge in [-0.05, 0) is 19.1 Å². The maximum atomic E-state index is 12.2. The summed E-state index contributed by atoms with van der Waals surface area (Å²) in [7, 11) is 1.60. The Morgan fingerprint density at radius 3 is 2.78 bits per heavy atom. The van der Waals surface area contributed by atoms with Crippen molar-refractivity contribution in [2.75, 3.05) is 11.9 Å². The standard InChI is InChI=1S/C13H11N3O2/c1-9-12(18-8-15-9)13(17)16(2)11-6-4-3-5-10(11)7-14/h3-6,8H,1-2H3. The topological polar surface area (TPSA) is 70.1 Å². The number of hydrogen-bond acceptors (Lipinski definition) is 4. The molecule has 1 heterocycles. The van der Waals surface area contributed by atoms with Crippen molar-refractivity contribution >= 4 is 11.6 Å². The molecule has 0 saturated heterocycles. The second-order valence-electron chi connectivity index (χ2n) is 3.76. The van der Waals surface area contributed by atoms with Gasteiger partial charge in [0.25, 0.3) is 5.91 Å². The lowest BCUT2D eigenvalue weighted by Gasteiger charge is -2.17. The third-order valence-electron chi connectivity index (χ3n) is 2.63. The fourth-order valence-corrected chi connectivity index (χ4v) is 1.63. The number of nitrogens with zero attached hydrogens (tertiary/aromatic N) is 3. The summed E-state index contributed by atoms with van der Waals surface area (Å²) >= 11 is 0. The Kier molecular flexibility index (Phi) is 3.11. The molecule has 5 heteroatoms. The Morgan fingerprint density at radius 2 is 2.17 bits per heavy atom. The Bertz CT molecular complexity index is 625. The molecule has 1 aromatic carbocycles. The van der Waals surface area contributed by atoms with Crippen molar-refractivity contribution < 1.29 is 9.21 Å². The summed E-state index contributed by atoms with van der Waals surface area (Å²) < 4.78 is 5.06. The zero-order chi connectivity index (χ0) is 13.1. The van der Waals surface area contributed by atoms with Gasteiger partial charge >= 0.3 is 0 Å². The molecule has 0 saturated carbocycles. The van der Waals surface area contributed by atoms with Crippen molar-refractivity contribution in [3.8, 4) is 6.07 Å². The highest BCUT2D eigenvalue weighted by molar-refractivity contribution is 6.05. The highest BCUT2D eigenvalue weighted by atomic mass is 16.3. The minimum atomic E-state index is -0.326. The molecule has 0 N–H and O–H groups in total. The molecule has 0 radical (unpaired) electrons. The van der Waals surface area contributed by atoms with Gasteiger partial charge < -0.3 is 9.32 Å². The number of carbonyl (C=O) groups is 1. The summed E-state index contributed by atoms with van der Waals surface area (Å²) in [5, 5.41) is 9.01. The van der Waals surface area contributed by atoms with E-state index in [0.29, 0.717) is 16.9 Å². The maximum Gasteiger partial charge on any atom is 0.295 e. The highest BCUT2D eigenvalue weighted by Crippen LogP contribution is 2.20. The molecule has 0 bridgehead atoms. The number of oxazole rings is 1. The predicted octanol–water partition coefficient (Wildman–Crippen LogP) is 2.13. The van der Waals surface area contributed by atoms with Crippen LogP contribution in [0.2, 0.25) is 0 Å². The molecule has 1 amide bonds. The fraction of sp³-hybridized carbons (Fsp3) is 0.154. The van der Waals surface area contributed by atoms with Gasteiger partial charge in [-0.2, -0.15) is 5.26 Å². The van der Waals surface area contributed by atoms with E-state index in [9.17, 15) is 4.79 Å². The monoisotopic (exact) mass is 241 g/mol. The van der Waals surface area contributed by atoms with E-state index in [4.69, 9.17) is 9.68 Å². The van der Waals surface area contributed by atoms with Crippen molar-refractivity contribution in [3.63, 3.8) is 0 Å². The molecular formula is C13H11N3O2. The van der Waals surface area contributed by atoms with Gasteiger partial charge in [-0.1, -0.05) is 12.1 Å². The van der Waals surface area contributed by atoms with Gasteiger partial charge in [-0.3, -0.25) is 4.79 Å². The molecule has 1 aromatic heterocycles. The SMILES string of the molecule is Cc1ncoc1C(=O)N(C)c1ccccc1C#N. The average Bonchev–Trinajstić information content (AvgIpc) is 2.83. The normalized spacial score (nSPS) is 9.83. The molecule has 0 fully saturated rings. The molecule has 0 aliphatic heterocycles. The Labute approximate surface area is 104 Å². The molecular weight excluding hydrogens is 230 g/mol. The van der Waals surface area contributed by atoms with Crippen LogP contribution in [0.25, 0.3) is 0 Å². The first-order chi connectivity index (χ1) is 8.65. The van der Waals surface area contributed by atoms with Crippen LogP contribution in [-0.4, -0.2) is 17.9 Å². The first-order valence-corrected chi connectivity index (χ1v) is 5.32. The Balaban J connectivity index is 2.38. The third kappa shape index (κ3) is 1.96. The number of aryl methyl sites for hydroxylation is 1. The summed E-state index contributed by atoms with van der Waals surface area (Å²) in [5.74, 6) is -0.141. The summed E-state index contributed by atoms with van der Waals surface area (Å²) in [5.41, 5.74) is 1.51. The van der Waals surface area contributed by atoms with Crippen LogP contribution < -0.4 is 4.90 Å². The molecule has 0 atom stereocenters. The van der Waals surface area contributed by atoms with E-state index in [1.54, 1.807) is 38.2 Å². The second kappa shape index (κ2) is 4.72. The van der Waals surface area contributed by atoms with Crippen molar-refractivity contribution in [2.45, 2.75) is 6.92 Å². The molecule has 2 rings (SSSR count). The molecule has 0 unspecified atom stereocenters. The smallest absolute Gasteiger partial charge is 0.295 e. The van der Waals surface area contributed by atoms with Crippen LogP contribution in [0.1, 0.15) is 21.8 Å². The fourth-order valence-electron chi connectivity index (χ4n) is 1.63. The van der Waals surface area contributed by atoms with Crippen molar-refractivity contribution in [2.24, 2.45) is 0 Å². The van der Waals surface area contributed by atoms with Gasteiger partial charge in [-0.25, -0.2) is 4.98 Å². The predicted molar refractivity (Wildman–Crippen MR) is 65.1 cm³/mol. The Hall–Kier alpha value is -2.61. The van der Waals surface area contributed by atoms with E-state index < -0.39 is 0 Å². The molecule has 0 spiro atoms. The van der Waals surface area contributed by atoms with E-state index in [-0.39, 0.29) is 11.7 Å². The largest absolute Gasteiger partial charge is 0.438 e. The van der Waals surface area contributed by atoms with Crippen molar-refractivity contribution in [3.05, 3.63) is 47.7 Å². The first-order valence-electron chi connectivity index (χ1n) is 5.32. The van der Waals surface area contributed by atoms with Crippen LogP contribution in [0.4, 0.5) is 5.69 Å². The van der Waals surface area contributed by atoms with Crippen molar-refractivity contribution in [1.29, 1.82) is 5.26 Å². The van der Waals surface area contributed by atoms with Crippen molar-refractivity contribution in [1.82, 2.24) is 4.98 Å². The van der Waals surface area contributed by atoms with Gasteiger partial charge in [0, 0.05) is 7.05 Å². The maximum absolute atomic E-state index is 12.2. The number of nitriles is 1. The minimum Gasteiger partial charge on any atom is -0.438 e. The van der Waals surface area contributed by atoms with E-state index >= 15 is 0 Å². The number of rotatable bonds is 2. The quantitative estimate of drug-likeness (QED) is 0.807. The molecule has 18 heavy (non-hydrogen) atoms. The van der Waals surface area contributed by atoms with Crippen LogP contribution in [-0.2, 0) is 0 Å².